The minimum Gasteiger partial charge on any atom is -0.459 e. The van der Waals surface area contributed by atoms with Gasteiger partial charge in [0.2, 0.25) is 11.8 Å². The van der Waals surface area contributed by atoms with Crippen molar-refractivity contribution in [3.63, 3.8) is 0 Å². The Kier molecular flexibility index (Phi) is 5.84. The summed E-state index contributed by atoms with van der Waals surface area (Å²) >= 11 is 0. The highest BCUT2D eigenvalue weighted by molar-refractivity contribution is 5.92. The summed E-state index contributed by atoms with van der Waals surface area (Å²) in [4.78, 5) is 12.4. The van der Waals surface area contributed by atoms with Gasteiger partial charge in [0.15, 0.2) is 5.76 Å². The molecule has 0 aliphatic rings. The summed E-state index contributed by atoms with van der Waals surface area (Å²) in [6.07, 6.45) is 5.39. The molecule has 0 unspecified atom stereocenters. The number of anilines is 1. The smallest absolute Gasteiger partial charge is 0.283 e. The predicted molar refractivity (Wildman–Crippen MR) is 99.4 cm³/mol. The van der Waals surface area contributed by atoms with Gasteiger partial charge in [-0.1, -0.05) is 26.7 Å². The Bertz CT molecular complexity index is 816. The van der Waals surface area contributed by atoms with Gasteiger partial charge in [-0.15, -0.1) is 10.2 Å². The quantitative estimate of drug-likeness (QED) is 0.605. The largest absolute Gasteiger partial charge is 0.459 e. The summed E-state index contributed by atoms with van der Waals surface area (Å²) in [6.45, 7) is 4.21. The van der Waals surface area contributed by atoms with E-state index in [1.54, 1.807) is 18.4 Å². The van der Waals surface area contributed by atoms with Crippen LogP contribution in [0.5, 0.6) is 0 Å². The number of hydrogen-bond acceptors (Lipinski definition) is 5. The second-order valence-electron chi connectivity index (χ2n) is 6.23. The first kappa shape index (κ1) is 17.9. The van der Waals surface area contributed by atoms with Crippen LogP contribution in [0, 0.1) is 5.92 Å². The van der Waals surface area contributed by atoms with E-state index in [0.717, 1.165) is 36.9 Å². The summed E-state index contributed by atoms with van der Waals surface area (Å²) in [7, 11) is 0. The van der Waals surface area contributed by atoms with Crippen LogP contribution in [-0.4, -0.2) is 16.1 Å². The molecule has 26 heavy (non-hydrogen) atoms. The molecule has 6 heteroatoms. The molecule has 2 heterocycles. The zero-order chi connectivity index (χ0) is 18.4. The van der Waals surface area contributed by atoms with Crippen LogP contribution in [-0.2, 0) is 4.79 Å². The second-order valence-corrected chi connectivity index (χ2v) is 6.23. The van der Waals surface area contributed by atoms with Crippen LogP contribution in [0.3, 0.4) is 0 Å². The van der Waals surface area contributed by atoms with Crippen LogP contribution in [0.4, 0.5) is 5.69 Å². The van der Waals surface area contributed by atoms with Gasteiger partial charge in [-0.25, -0.2) is 0 Å². The minimum absolute atomic E-state index is 0.0662. The van der Waals surface area contributed by atoms with E-state index in [4.69, 9.17) is 8.83 Å². The van der Waals surface area contributed by atoms with Crippen molar-refractivity contribution in [1.82, 2.24) is 10.2 Å². The van der Waals surface area contributed by atoms with Crippen LogP contribution in [0.25, 0.3) is 23.1 Å². The van der Waals surface area contributed by atoms with E-state index in [-0.39, 0.29) is 11.8 Å². The monoisotopic (exact) mass is 353 g/mol. The molecule has 1 aromatic carbocycles. The topological polar surface area (TPSA) is 81.2 Å². The van der Waals surface area contributed by atoms with Crippen molar-refractivity contribution in [3.05, 3.63) is 42.7 Å². The van der Waals surface area contributed by atoms with Gasteiger partial charge >= 0.3 is 0 Å². The van der Waals surface area contributed by atoms with Crippen molar-refractivity contribution in [2.24, 2.45) is 5.92 Å². The first-order valence-electron chi connectivity index (χ1n) is 9.00. The first-order valence-corrected chi connectivity index (χ1v) is 9.00. The number of nitrogens with one attached hydrogen (secondary N) is 1. The molecule has 0 aliphatic heterocycles. The Morgan fingerprint density at radius 2 is 1.73 bits per heavy atom. The van der Waals surface area contributed by atoms with Gasteiger partial charge in [-0.3, -0.25) is 4.79 Å². The van der Waals surface area contributed by atoms with Crippen LogP contribution >= 0.6 is 0 Å². The highest BCUT2D eigenvalue weighted by Crippen LogP contribution is 2.25. The lowest BCUT2D eigenvalue weighted by molar-refractivity contribution is -0.120. The molecule has 0 saturated heterocycles. The van der Waals surface area contributed by atoms with E-state index in [0.29, 0.717) is 17.5 Å². The Morgan fingerprint density at radius 1 is 1.04 bits per heavy atom. The third kappa shape index (κ3) is 4.20. The average Bonchev–Trinajstić information content (AvgIpc) is 3.33. The SMILES string of the molecule is CCCC(CCC)C(=O)Nc1ccc(-c2nnc(-c3ccco3)o2)cc1. The molecule has 0 bridgehead atoms. The van der Waals surface area contributed by atoms with E-state index < -0.39 is 0 Å². The lowest BCUT2D eigenvalue weighted by Gasteiger charge is -2.15. The Balaban J connectivity index is 1.67. The third-order valence-corrected chi connectivity index (χ3v) is 4.20. The number of nitrogens with zero attached hydrogens (tertiary/aromatic N) is 2. The molecule has 6 nitrogen and oxygen atoms in total. The number of benzene rings is 1. The van der Waals surface area contributed by atoms with Gasteiger partial charge in [0.05, 0.1) is 6.26 Å². The van der Waals surface area contributed by atoms with Crippen LogP contribution in [0.15, 0.2) is 51.5 Å². The van der Waals surface area contributed by atoms with Gasteiger partial charge < -0.3 is 14.2 Å². The number of amides is 1. The van der Waals surface area contributed by atoms with E-state index in [1.165, 1.54) is 0 Å². The van der Waals surface area contributed by atoms with Crippen molar-refractivity contribution in [2.45, 2.75) is 39.5 Å². The molecular weight excluding hydrogens is 330 g/mol. The van der Waals surface area contributed by atoms with Crippen molar-refractivity contribution in [2.75, 3.05) is 5.32 Å². The van der Waals surface area contributed by atoms with E-state index >= 15 is 0 Å². The molecule has 2 aromatic heterocycles. The highest BCUT2D eigenvalue weighted by Gasteiger charge is 2.17. The lowest BCUT2D eigenvalue weighted by Crippen LogP contribution is -2.22. The molecular formula is C20H23N3O3. The van der Waals surface area contributed by atoms with E-state index in [2.05, 4.69) is 29.4 Å². The number of aromatic nitrogens is 2. The first-order chi connectivity index (χ1) is 12.7. The van der Waals surface area contributed by atoms with Gasteiger partial charge in [-0.05, 0) is 49.2 Å². The second kappa shape index (κ2) is 8.47. The Labute approximate surface area is 152 Å². The van der Waals surface area contributed by atoms with Gasteiger partial charge in [-0.2, -0.15) is 0 Å². The summed E-state index contributed by atoms with van der Waals surface area (Å²) in [6, 6.07) is 10.9. The lowest BCUT2D eigenvalue weighted by atomic mass is 9.97. The van der Waals surface area contributed by atoms with Gasteiger partial charge in [0.25, 0.3) is 5.89 Å². The molecule has 0 spiro atoms. The fraction of sp³-hybridized carbons (Fsp3) is 0.350. The summed E-state index contributed by atoms with van der Waals surface area (Å²) in [5.74, 6) is 1.43. The summed E-state index contributed by atoms with van der Waals surface area (Å²) < 4.78 is 10.9. The van der Waals surface area contributed by atoms with Crippen molar-refractivity contribution >= 4 is 11.6 Å². The average molecular weight is 353 g/mol. The van der Waals surface area contributed by atoms with Gasteiger partial charge in [0, 0.05) is 17.2 Å². The standard InChI is InChI=1S/C20H23N3O3/c1-3-6-14(7-4-2)18(24)21-16-11-9-15(10-12-16)19-22-23-20(26-19)17-8-5-13-25-17/h5,8-14H,3-4,6-7H2,1-2H3,(H,21,24). The zero-order valence-electron chi connectivity index (χ0n) is 15.1. The van der Waals surface area contributed by atoms with Crippen molar-refractivity contribution in [3.8, 4) is 23.1 Å². The number of hydrogen-bond donors (Lipinski definition) is 1. The van der Waals surface area contributed by atoms with E-state index in [1.807, 2.05) is 24.3 Å². The van der Waals surface area contributed by atoms with Crippen LogP contribution in [0.1, 0.15) is 39.5 Å². The summed E-state index contributed by atoms with van der Waals surface area (Å²) in [5, 5.41) is 11.0. The molecule has 1 amide bonds. The molecule has 0 saturated carbocycles. The normalized spacial score (nSPS) is 11.0. The maximum Gasteiger partial charge on any atom is 0.283 e. The van der Waals surface area contributed by atoms with Crippen LogP contribution < -0.4 is 5.32 Å². The molecule has 0 aliphatic carbocycles. The van der Waals surface area contributed by atoms with Crippen molar-refractivity contribution < 1.29 is 13.6 Å². The zero-order valence-corrected chi connectivity index (χ0v) is 15.1. The molecule has 3 aromatic rings. The molecule has 0 fully saturated rings. The fourth-order valence-corrected chi connectivity index (χ4v) is 2.88. The minimum atomic E-state index is 0.0662. The molecule has 0 radical (unpaired) electrons. The number of carbonyl (C=O) groups is 1. The maximum atomic E-state index is 12.4. The third-order valence-electron chi connectivity index (χ3n) is 4.20. The van der Waals surface area contributed by atoms with Gasteiger partial charge in [0.1, 0.15) is 0 Å². The number of furan rings is 1. The molecule has 3 rings (SSSR count). The molecule has 1 N–H and O–H groups in total. The van der Waals surface area contributed by atoms with Crippen molar-refractivity contribution in [1.29, 1.82) is 0 Å². The predicted octanol–water partition coefficient (Wildman–Crippen LogP) is 5.15. The summed E-state index contributed by atoms with van der Waals surface area (Å²) in [5.41, 5.74) is 1.55. The Hall–Kier alpha value is -2.89. The Morgan fingerprint density at radius 3 is 2.35 bits per heavy atom. The van der Waals surface area contributed by atoms with E-state index in [9.17, 15) is 4.79 Å². The molecule has 136 valence electrons. The highest BCUT2D eigenvalue weighted by atomic mass is 16.4. The number of carbonyl (C=O) groups excluding carboxylic acids is 1. The maximum absolute atomic E-state index is 12.4. The fourth-order valence-electron chi connectivity index (χ4n) is 2.88. The van der Waals surface area contributed by atoms with Crippen LogP contribution in [0.2, 0.25) is 0 Å². The number of rotatable bonds is 8. The molecule has 0 atom stereocenters.